The van der Waals surface area contributed by atoms with Gasteiger partial charge in [0.15, 0.2) is 0 Å². The van der Waals surface area contributed by atoms with Crippen LogP contribution < -0.4 is 4.74 Å². The third-order valence-electron chi connectivity index (χ3n) is 2.69. The standard InChI is InChI=1S/C12H14O4/c1-15-11(14)7-10(13)9-4-2-3-8-5-6-16-12(8)9/h2-4,10,13H,5-7H2,1H3/t10-/m0/s1. The van der Waals surface area contributed by atoms with Crippen LogP contribution in [-0.2, 0) is 16.0 Å². The van der Waals surface area contributed by atoms with E-state index >= 15 is 0 Å². The summed E-state index contributed by atoms with van der Waals surface area (Å²) in [7, 11) is 1.31. The van der Waals surface area contributed by atoms with Gasteiger partial charge in [0.1, 0.15) is 5.75 Å². The van der Waals surface area contributed by atoms with E-state index in [1.54, 1.807) is 6.07 Å². The van der Waals surface area contributed by atoms with Gasteiger partial charge in [-0.05, 0) is 5.56 Å². The number of rotatable bonds is 3. The molecule has 4 heteroatoms. The van der Waals surface area contributed by atoms with Crippen molar-refractivity contribution in [2.45, 2.75) is 18.9 Å². The lowest BCUT2D eigenvalue weighted by atomic mass is 10.0. The summed E-state index contributed by atoms with van der Waals surface area (Å²) in [6.45, 7) is 0.636. The summed E-state index contributed by atoms with van der Waals surface area (Å²) in [4.78, 5) is 11.1. The molecule has 1 atom stereocenters. The number of para-hydroxylation sites is 1. The maximum Gasteiger partial charge on any atom is 0.308 e. The van der Waals surface area contributed by atoms with Crippen molar-refractivity contribution in [2.24, 2.45) is 0 Å². The van der Waals surface area contributed by atoms with Gasteiger partial charge in [0.2, 0.25) is 0 Å². The minimum atomic E-state index is -0.861. The van der Waals surface area contributed by atoms with Crippen LogP contribution in [0.3, 0.4) is 0 Å². The molecule has 0 amide bonds. The molecule has 0 aromatic heterocycles. The summed E-state index contributed by atoms with van der Waals surface area (Å²) in [6, 6.07) is 5.61. The summed E-state index contributed by atoms with van der Waals surface area (Å²) in [6.07, 6.45) is -0.0507. The van der Waals surface area contributed by atoms with E-state index in [2.05, 4.69) is 4.74 Å². The zero-order valence-electron chi connectivity index (χ0n) is 9.10. The summed E-state index contributed by atoms with van der Waals surface area (Å²) in [5.74, 6) is 0.294. The molecule has 1 aliphatic heterocycles. The molecular formula is C12H14O4. The molecule has 0 saturated carbocycles. The van der Waals surface area contributed by atoms with Gasteiger partial charge in [-0.25, -0.2) is 0 Å². The van der Waals surface area contributed by atoms with E-state index in [1.165, 1.54) is 7.11 Å². The Morgan fingerprint density at radius 1 is 1.62 bits per heavy atom. The van der Waals surface area contributed by atoms with E-state index in [0.29, 0.717) is 12.2 Å². The molecule has 0 bridgehead atoms. The molecule has 0 aliphatic carbocycles. The minimum absolute atomic E-state index is 0.0453. The smallest absolute Gasteiger partial charge is 0.308 e. The number of hydrogen-bond acceptors (Lipinski definition) is 4. The van der Waals surface area contributed by atoms with Gasteiger partial charge in [-0.15, -0.1) is 0 Å². The molecule has 2 rings (SSSR count). The van der Waals surface area contributed by atoms with Crippen LogP contribution in [0.2, 0.25) is 0 Å². The van der Waals surface area contributed by atoms with E-state index in [1.807, 2.05) is 12.1 Å². The van der Waals surface area contributed by atoms with Gasteiger partial charge < -0.3 is 14.6 Å². The summed E-state index contributed by atoms with van der Waals surface area (Å²) >= 11 is 0. The second kappa shape index (κ2) is 4.53. The molecule has 0 spiro atoms. The third-order valence-corrected chi connectivity index (χ3v) is 2.69. The lowest BCUT2D eigenvalue weighted by Crippen LogP contribution is -2.09. The van der Waals surface area contributed by atoms with Gasteiger partial charge >= 0.3 is 5.97 Å². The topological polar surface area (TPSA) is 55.8 Å². The quantitative estimate of drug-likeness (QED) is 0.781. The first-order valence-electron chi connectivity index (χ1n) is 5.22. The van der Waals surface area contributed by atoms with Crippen molar-refractivity contribution >= 4 is 5.97 Å². The molecule has 16 heavy (non-hydrogen) atoms. The predicted molar refractivity (Wildman–Crippen MR) is 57.2 cm³/mol. The fraction of sp³-hybridized carbons (Fsp3) is 0.417. The van der Waals surface area contributed by atoms with Crippen molar-refractivity contribution < 1.29 is 19.4 Å². The number of aliphatic hydroxyl groups is 1. The van der Waals surface area contributed by atoms with Crippen molar-refractivity contribution in [2.75, 3.05) is 13.7 Å². The summed E-state index contributed by atoms with van der Waals surface area (Å²) in [5, 5.41) is 9.91. The molecule has 86 valence electrons. The van der Waals surface area contributed by atoms with Crippen LogP contribution >= 0.6 is 0 Å². The molecule has 0 saturated heterocycles. The normalized spacial score (nSPS) is 15.1. The van der Waals surface area contributed by atoms with Crippen molar-refractivity contribution in [3.63, 3.8) is 0 Å². The molecule has 1 aromatic rings. The Balaban J connectivity index is 2.20. The third kappa shape index (κ3) is 2.02. The van der Waals surface area contributed by atoms with Crippen molar-refractivity contribution in [3.05, 3.63) is 29.3 Å². The molecule has 1 aliphatic rings. The molecule has 1 heterocycles. The number of ether oxygens (including phenoxy) is 2. The second-order valence-corrected chi connectivity index (χ2v) is 3.73. The number of hydrogen-bond donors (Lipinski definition) is 1. The van der Waals surface area contributed by atoms with Gasteiger partial charge in [-0.1, -0.05) is 18.2 Å². The average molecular weight is 222 g/mol. The maximum absolute atomic E-state index is 11.1. The van der Waals surface area contributed by atoms with E-state index in [0.717, 1.165) is 17.7 Å². The monoisotopic (exact) mass is 222 g/mol. The Kier molecular flexibility index (Phi) is 3.10. The Morgan fingerprint density at radius 2 is 2.44 bits per heavy atom. The zero-order valence-corrected chi connectivity index (χ0v) is 9.10. The Bertz CT molecular complexity index is 400. The van der Waals surface area contributed by atoms with Crippen LogP contribution in [0.5, 0.6) is 5.75 Å². The van der Waals surface area contributed by atoms with Gasteiger partial charge in [-0.2, -0.15) is 0 Å². The van der Waals surface area contributed by atoms with Crippen LogP contribution in [0.15, 0.2) is 18.2 Å². The molecule has 1 N–H and O–H groups in total. The molecule has 0 unspecified atom stereocenters. The van der Waals surface area contributed by atoms with Gasteiger partial charge in [0, 0.05) is 12.0 Å². The van der Waals surface area contributed by atoms with Gasteiger partial charge in [0.05, 0.1) is 26.2 Å². The number of benzene rings is 1. The highest BCUT2D eigenvalue weighted by atomic mass is 16.5. The molecule has 0 fully saturated rings. The number of methoxy groups -OCH3 is 1. The Labute approximate surface area is 93.8 Å². The van der Waals surface area contributed by atoms with Gasteiger partial charge in [-0.3, -0.25) is 4.79 Å². The van der Waals surface area contributed by atoms with Crippen LogP contribution in [0, 0.1) is 0 Å². The van der Waals surface area contributed by atoms with Crippen molar-refractivity contribution in [1.29, 1.82) is 0 Å². The molecule has 1 aromatic carbocycles. The Morgan fingerprint density at radius 3 is 3.19 bits per heavy atom. The minimum Gasteiger partial charge on any atom is -0.493 e. The van der Waals surface area contributed by atoms with Crippen LogP contribution in [0.4, 0.5) is 0 Å². The highest BCUT2D eigenvalue weighted by Crippen LogP contribution is 2.34. The summed E-state index contributed by atoms with van der Waals surface area (Å²) in [5.41, 5.74) is 1.75. The fourth-order valence-electron chi connectivity index (χ4n) is 1.85. The Hall–Kier alpha value is -1.55. The number of aliphatic hydroxyl groups excluding tert-OH is 1. The van der Waals surface area contributed by atoms with Crippen LogP contribution in [0.25, 0.3) is 0 Å². The van der Waals surface area contributed by atoms with Crippen molar-refractivity contribution in [3.8, 4) is 5.75 Å². The van der Waals surface area contributed by atoms with Crippen molar-refractivity contribution in [1.82, 2.24) is 0 Å². The van der Waals surface area contributed by atoms with Crippen LogP contribution in [-0.4, -0.2) is 24.8 Å². The lowest BCUT2D eigenvalue weighted by Gasteiger charge is -2.13. The molecule has 0 radical (unpaired) electrons. The van der Waals surface area contributed by atoms with E-state index in [4.69, 9.17) is 4.74 Å². The summed E-state index contributed by atoms with van der Waals surface area (Å²) < 4.78 is 9.98. The first-order chi connectivity index (χ1) is 7.72. The van der Waals surface area contributed by atoms with Crippen LogP contribution in [0.1, 0.15) is 23.7 Å². The number of carbonyl (C=O) groups excluding carboxylic acids is 1. The molecular weight excluding hydrogens is 208 g/mol. The van der Waals surface area contributed by atoms with E-state index < -0.39 is 12.1 Å². The van der Waals surface area contributed by atoms with E-state index in [-0.39, 0.29) is 6.42 Å². The predicted octanol–water partition coefficient (Wildman–Crippen LogP) is 1.22. The highest BCUT2D eigenvalue weighted by Gasteiger charge is 2.22. The first-order valence-corrected chi connectivity index (χ1v) is 5.22. The lowest BCUT2D eigenvalue weighted by molar-refractivity contribution is -0.142. The van der Waals surface area contributed by atoms with E-state index in [9.17, 15) is 9.90 Å². The van der Waals surface area contributed by atoms with Gasteiger partial charge in [0.25, 0.3) is 0 Å². The zero-order chi connectivity index (χ0) is 11.5. The number of carbonyl (C=O) groups is 1. The average Bonchev–Trinajstić information content (AvgIpc) is 2.76. The first kappa shape index (κ1) is 11.0. The number of esters is 1. The fourth-order valence-corrected chi connectivity index (χ4v) is 1.85. The molecule has 4 nitrogen and oxygen atoms in total. The largest absolute Gasteiger partial charge is 0.493 e. The SMILES string of the molecule is COC(=O)C[C@H](O)c1cccc2c1OCC2. The highest BCUT2D eigenvalue weighted by molar-refractivity contribution is 5.70. The second-order valence-electron chi connectivity index (χ2n) is 3.73. The maximum atomic E-state index is 11.1. The number of fused-ring (bicyclic) bond motifs is 1.